The number of aliphatic hydroxyl groups excluding tert-OH is 1. The van der Waals surface area contributed by atoms with Crippen molar-refractivity contribution in [3.63, 3.8) is 0 Å². The van der Waals surface area contributed by atoms with E-state index in [1.54, 1.807) is 0 Å². The van der Waals surface area contributed by atoms with Crippen LogP contribution in [0.15, 0.2) is 17.1 Å². The summed E-state index contributed by atoms with van der Waals surface area (Å²) in [6, 6.07) is 1.50. The number of nitrogen functional groups attached to an aromatic ring is 1. The van der Waals surface area contributed by atoms with E-state index in [1.807, 2.05) is 0 Å². The fourth-order valence-electron chi connectivity index (χ4n) is 3.13. The SMILES string of the molecule is CCCCCOC[C@H]1O[C@@H](n2ccc(N)nc2=O)[C@@H](O)[C@@H]1OCCCCC. The highest BCUT2D eigenvalue weighted by atomic mass is 16.6. The molecule has 0 aromatic carbocycles. The molecule has 27 heavy (non-hydrogen) atoms. The predicted molar refractivity (Wildman–Crippen MR) is 102 cm³/mol. The molecule has 1 aliphatic rings. The fourth-order valence-corrected chi connectivity index (χ4v) is 3.13. The second-order valence-electron chi connectivity index (χ2n) is 6.92. The Morgan fingerprint density at radius 1 is 1.22 bits per heavy atom. The van der Waals surface area contributed by atoms with Crippen molar-refractivity contribution in [2.75, 3.05) is 25.6 Å². The molecular weight excluding hydrogens is 350 g/mol. The van der Waals surface area contributed by atoms with E-state index in [-0.39, 0.29) is 5.82 Å². The quantitative estimate of drug-likeness (QED) is 0.530. The van der Waals surface area contributed by atoms with Crippen LogP contribution in [0.1, 0.15) is 58.6 Å². The third-order valence-corrected chi connectivity index (χ3v) is 4.67. The van der Waals surface area contributed by atoms with Crippen LogP contribution >= 0.6 is 0 Å². The Balaban J connectivity index is 2.03. The van der Waals surface area contributed by atoms with Gasteiger partial charge in [-0.3, -0.25) is 4.57 Å². The first-order valence-electron chi connectivity index (χ1n) is 9.96. The summed E-state index contributed by atoms with van der Waals surface area (Å²) in [5.74, 6) is 0.131. The third kappa shape index (κ3) is 6.27. The van der Waals surface area contributed by atoms with Gasteiger partial charge >= 0.3 is 5.69 Å². The first-order chi connectivity index (χ1) is 13.1. The summed E-state index contributed by atoms with van der Waals surface area (Å²) in [6.45, 7) is 5.75. The predicted octanol–water partition coefficient (Wildman–Crippen LogP) is 1.87. The average Bonchev–Trinajstić information content (AvgIpc) is 2.94. The molecule has 1 aromatic rings. The van der Waals surface area contributed by atoms with Gasteiger partial charge in [-0.1, -0.05) is 39.5 Å². The molecule has 3 N–H and O–H groups in total. The number of unbranched alkanes of at least 4 members (excludes halogenated alkanes) is 4. The minimum atomic E-state index is -0.987. The highest BCUT2D eigenvalue weighted by molar-refractivity contribution is 5.23. The van der Waals surface area contributed by atoms with Crippen LogP contribution in [-0.4, -0.2) is 52.8 Å². The molecule has 2 rings (SSSR count). The van der Waals surface area contributed by atoms with Crippen molar-refractivity contribution in [1.29, 1.82) is 0 Å². The van der Waals surface area contributed by atoms with Crippen LogP contribution in [0, 0.1) is 0 Å². The number of nitrogens with two attached hydrogens (primary N) is 1. The van der Waals surface area contributed by atoms with E-state index < -0.39 is 30.2 Å². The van der Waals surface area contributed by atoms with E-state index in [0.717, 1.165) is 38.5 Å². The Bertz CT molecular complexity index is 609. The van der Waals surface area contributed by atoms with Crippen molar-refractivity contribution in [3.8, 4) is 0 Å². The Kier molecular flexibility index (Phi) is 9.20. The number of anilines is 1. The maximum Gasteiger partial charge on any atom is 0.351 e. The summed E-state index contributed by atoms with van der Waals surface area (Å²) in [4.78, 5) is 15.8. The van der Waals surface area contributed by atoms with Crippen molar-refractivity contribution in [2.45, 2.75) is 76.9 Å². The van der Waals surface area contributed by atoms with Crippen LogP contribution in [0.4, 0.5) is 5.82 Å². The van der Waals surface area contributed by atoms with Crippen LogP contribution < -0.4 is 11.4 Å². The maximum absolute atomic E-state index is 12.1. The normalized spacial score (nSPS) is 25.1. The van der Waals surface area contributed by atoms with Gasteiger partial charge in [0.15, 0.2) is 6.23 Å². The zero-order valence-corrected chi connectivity index (χ0v) is 16.4. The molecule has 154 valence electrons. The number of nitrogens with zero attached hydrogens (tertiary/aromatic N) is 2. The first-order valence-corrected chi connectivity index (χ1v) is 9.96. The Labute approximate surface area is 160 Å². The molecule has 0 spiro atoms. The Morgan fingerprint density at radius 2 is 1.93 bits per heavy atom. The first kappa shape index (κ1) is 21.8. The zero-order valence-electron chi connectivity index (χ0n) is 16.4. The van der Waals surface area contributed by atoms with Gasteiger partial charge in [0.2, 0.25) is 0 Å². The van der Waals surface area contributed by atoms with Gasteiger partial charge in [0.05, 0.1) is 6.61 Å². The topological polar surface area (TPSA) is 109 Å². The van der Waals surface area contributed by atoms with E-state index in [1.165, 1.54) is 16.8 Å². The molecule has 1 fully saturated rings. The van der Waals surface area contributed by atoms with E-state index >= 15 is 0 Å². The molecule has 1 aromatic heterocycles. The van der Waals surface area contributed by atoms with Crippen LogP contribution in [-0.2, 0) is 14.2 Å². The lowest BCUT2D eigenvalue weighted by molar-refractivity contribution is -0.0779. The Hall–Kier alpha value is -1.48. The summed E-state index contributed by atoms with van der Waals surface area (Å²) >= 11 is 0. The number of aliphatic hydroxyl groups is 1. The summed E-state index contributed by atoms with van der Waals surface area (Å²) < 4.78 is 18.8. The molecule has 8 nitrogen and oxygen atoms in total. The number of rotatable bonds is 12. The zero-order chi connectivity index (χ0) is 19.6. The smallest absolute Gasteiger partial charge is 0.351 e. The molecule has 0 amide bonds. The fraction of sp³-hybridized carbons (Fsp3) is 0.789. The summed E-state index contributed by atoms with van der Waals surface area (Å²) in [5.41, 5.74) is 4.98. The Morgan fingerprint density at radius 3 is 2.59 bits per heavy atom. The van der Waals surface area contributed by atoms with Crippen molar-refractivity contribution >= 4 is 5.82 Å². The highest BCUT2D eigenvalue weighted by Gasteiger charge is 2.45. The maximum atomic E-state index is 12.1. The van der Waals surface area contributed by atoms with Crippen LogP contribution in [0.2, 0.25) is 0 Å². The van der Waals surface area contributed by atoms with Crippen LogP contribution in [0.3, 0.4) is 0 Å². The monoisotopic (exact) mass is 383 g/mol. The number of hydrogen-bond donors (Lipinski definition) is 2. The molecule has 0 bridgehead atoms. The minimum Gasteiger partial charge on any atom is -0.386 e. The van der Waals surface area contributed by atoms with E-state index in [9.17, 15) is 9.90 Å². The second kappa shape index (κ2) is 11.4. The number of ether oxygens (including phenoxy) is 3. The lowest BCUT2D eigenvalue weighted by Gasteiger charge is -2.21. The molecule has 0 radical (unpaired) electrons. The van der Waals surface area contributed by atoms with Gasteiger partial charge < -0.3 is 25.1 Å². The van der Waals surface area contributed by atoms with Crippen molar-refractivity contribution in [1.82, 2.24) is 9.55 Å². The number of hydrogen-bond acceptors (Lipinski definition) is 7. The van der Waals surface area contributed by atoms with Crippen LogP contribution in [0.25, 0.3) is 0 Å². The molecule has 1 saturated heterocycles. The van der Waals surface area contributed by atoms with Crippen molar-refractivity contribution in [3.05, 3.63) is 22.7 Å². The number of aromatic nitrogens is 2. The summed E-state index contributed by atoms with van der Waals surface area (Å²) in [7, 11) is 0. The molecule has 8 heteroatoms. The molecule has 2 heterocycles. The third-order valence-electron chi connectivity index (χ3n) is 4.67. The van der Waals surface area contributed by atoms with Gasteiger partial charge in [-0.2, -0.15) is 4.98 Å². The van der Waals surface area contributed by atoms with E-state index in [2.05, 4.69) is 18.8 Å². The van der Waals surface area contributed by atoms with Gasteiger partial charge in [-0.25, -0.2) is 4.79 Å². The van der Waals surface area contributed by atoms with Gasteiger partial charge in [0, 0.05) is 19.4 Å². The standard InChI is InChI=1S/C19H33N3O5/c1-3-5-7-11-25-13-14-17(26-12-8-6-4-2)16(23)18(27-14)22-10-9-15(20)21-19(22)24/h9-10,14,16-18,23H,3-8,11-13H2,1-2H3,(H2,20,21,24)/t14-,16+,17-,18-/m1/s1. The molecule has 0 unspecified atom stereocenters. The molecule has 0 aliphatic carbocycles. The van der Waals surface area contributed by atoms with Crippen molar-refractivity contribution in [2.24, 2.45) is 0 Å². The van der Waals surface area contributed by atoms with E-state index in [0.29, 0.717) is 19.8 Å². The largest absolute Gasteiger partial charge is 0.386 e. The molecular formula is C19H33N3O5. The van der Waals surface area contributed by atoms with Gasteiger partial charge in [0.1, 0.15) is 24.1 Å². The van der Waals surface area contributed by atoms with Gasteiger partial charge in [-0.05, 0) is 18.9 Å². The van der Waals surface area contributed by atoms with Crippen molar-refractivity contribution < 1.29 is 19.3 Å². The lowest BCUT2D eigenvalue weighted by Crippen LogP contribution is -2.38. The molecule has 0 saturated carbocycles. The average molecular weight is 383 g/mol. The lowest BCUT2D eigenvalue weighted by atomic mass is 10.1. The highest BCUT2D eigenvalue weighted by Crippen LogP contribution is 2.31. The second-order valence-corrected chi connectivity index (χ2v) is 6.92. The summed E-state index contributed by atoms with van der Waals surface area (Å²) in [5, 5.41) is 10.7. The summed E-state index contributed by atoms with van der Waals surface area (Å²) in [6.07, 6.45) is 4.91. The molecule has 1 aliphatic heterocycles. The molecule has 4 atom stereocenters. The van der Waals surface area contributed by atoms with E-state index in [4.69, 9.17) is 19.9 Å². The van der Waals surface area contributed by atoms with Gasteiger partial charge in [0.25, 0.3) is 0 Å². The van der Waals surface area contributed by atoms with Gasteiger partial charge in [-0.15, -0.1) is 0 Å². The van der Waals surface area contributed by atoms with Crippen LogP contribution in [0.5, 0.6) is 0 Å². The minimum absolute atomic E-state index is 0.131.